The second-order valence-electron chi connectivity index (χ2n) is 6.21. The van der Waals surface area contributed by atoms with Gasteiger partial charge >= 0.3 is 0 Å². The highest BCUT2D eigenvalue weighted by Crippen LogP contribution is 2.63. The molecule has 0 saturated heterocycles. The predicted molar refractivity (Wildman–Crippen MR) is 54.2 cm³/mol. The summed E-state index contributed by atoms with van der Waals surface area (Å²) < 4.78 is 0. The Bertz CT molecular complexity index is 233. The van der Waals surface area contributed by atoms with Crippen LogP contribution >= 0.6 is 0 Å². The van der Waals surface area contributed by atoms with E-state index in [1.54, 1.807) is 0 Å². The standard InChI is InChI=1S/C12H21N/c1-12(2)10(11(12)13)9-6-7-3-4-8(9)5-7/h7-11H,3-6,13H2,1-2H3/t7?,8?,9?,10-,11-/m1/s1. The minimum atomic E-state index is 0.467. The van der Waals surface area contributed by atoms with E-state index >= 15 is 0 Å². The molecule has 5 atom stereocenters. The summed E-state index contributed by atoms with van der Waals surface area (Å²) >= 11 is 0. The van der Waals surface area contributed by atoms with Crippen molar-refractivity contribution < 1.29 is 0 Å². The van der Waals surface area contributed by atoms with E-state index in [4.69, 9.17) is 5.73 Å². The fourth-order valence-electron chi connectivity index (χ4n) is 4.27. The first-order valence-corrected chi connectivity index (χ1v) is 5.86. The molecule has 2 N–H and O–H groups in total. The zero-order chi connectivity index (χ0) is 9.22. The molecule has 0 aliphatic heterocycles. The topological polar surface area (TPSA) is 26.0 Å². The van der Waals surface area contributed by atoms with Crippen molar-refractivity contribution in [1.82, 2.24) is 0 Å². The Kier molecular flexibility index (Phi) is 1.47. The number of fused-ring (bicyclic) bond motifs is 2. The van der Waals surface area contributed by atoms with Crippen LogP contribution in [0, 0.1) is 29.1 Å². The average molecular weight is 179 g/mol. The molecule has 0 heterocycles. The van der Waals surface area contributed by atoms with Gasteiger partial charge in [-0.1, -0.05) is 20.3 Å². The van der Waals surface area contributed by atoms with E-state index in [9.17, 15) is 0 Å². The number of rotatable bonds is 1. The molecule has 3 fully saturated rings. The normalized spacial score (nSPS) is 57.0. The molecule has 3 aliphatic rings. The summed E-state index contributed by atoms with van der Waals surface area (Å²) in [6.07, 6.45) is 6.06. The van der Waals surface area contributed by atoms with Gasteiger partial charge in [0.05, 0.1) is 0 Å². The summed E-state index contributed by atoms with van der Waals surface area (Å²) in [5, 5.41) is 0. The summed E-state index contributed by atoms with van der Waals surface area (Å²) in [7, 11) is 0. The fraction of sp³-hybridized carbons (Fsp3) is 1.00. The van der Waals surface area contributed by atoms with Crippen LogP contribution in [-0.2, 0) is 0 Å². The largest absolute Gasteiger partial charge is 0.327 e. The first-order valence-electron chi connectivity index (χ1n) is 5.86. The lowest BCUT2D eigenvalue weighted by molar-refractivity contribution is 0.268. The van der Waals surface area contributed by atoms with Crippen molar-refractivity contribution >= 4 is 0 Å². The molecule has 0 amide bonds. The van der Waals surface area contributed by atoms with Crippen molar-refractivity contribution in [1.29, 1.82) is 0 Å². The number of nitrogens with two attached hydrogens (primary N) is 1. The Morgan fingerprint density at radius 2 is 1.85 bits per heavy atom. The molecule has 0 aromatic carbocycles. The molecule has 1 nitrogen and oxygen atoms in total. The quantitative estimate of drug-likeness (QED) is 0.657. The summed E-state index contributed by atoms with van der Waals surface area (Å²) in [6.45, 7) is 4.71. The highest BCUT2D eigenvalue weighted by atomic mass is 14.9. The van der Waals surface area contributed by atoms with Gasteiger partial charge in [-0.3, -0.25) is 0 Å². The average Bonchev–Trinajstić information content (AvgIpc) is 2.54. The van der Waals surface area contributed by atoms with Gasteiger partial charge in [0.15, 0.2) is 0 Å². The molecular weight excluding hydrogens is 158 g/mol. The predicted octanol–water partition coefficient (Wildman–Crippen LogP) is 2.41. The SMILES string of the molecule is CC1(C)[C@H](N)[C@H]1C1CC2CCC1C2. The van der Waals surface area contributed by atoms with Gasteiger partial charge in [0.2, 0.25) is 0 Å². The van der Waals surface area contributed by atoms with Crippen molar-refractivity contribution in [3.8, 4) is 0 Å². The Morgan fingerprint density at radius 3 is 2.23 bits per heavy atom. The maximum absolute atomic E-state index is 6.16. The Morgan fingerprint density at radius 1 is 1.15 bits per heavy atom. The molecule has 0 aromatic heterocycles. The van der Waals surface area contributed by atoms with Gasteiger partial charge in [-0.2, -0.15) is 0 Å². The van der Waals surface area contributed by atoms with Crippen LogP contribution in [0.3, 0.4) is 0 Å². The van der Waals surface area contributed by atoms with Gasteiger partial charge in [0.1, 0.15) is 0 Å². The van der Waals surface area contributed by atoms with E-state index in [1.165, 1.54) is 25.7 Å². The third kappa shape index (κ3) is 0.971. The highest BCUT2D eigenvalue weighted by Gasteiger charge is 2.62. The number of hydrogen-bond acceptors (Lipinski definition) is 1. The lowest BCUT2D eigenvalue weighted by Gasteiger charge is -2.22. The lowest BCUT2D eigenvalue weighted by atomic mass is 9.83. The minimum absolute atomic E-state index is 0.467. The van der Waals surface area contributed by atoms with E-state index < -0.39 is 0 Å². The summed E-state index contributed by atoms with van der Waals surface area (Å²) in [6, 6.07) is 0.511. The molecule has 1 heteroatoms. The fourth-order valence-corrected chi connectivity index (χ4v) is 4.27. The van der Waals surface area contributed by atoms with Crippen LogP contribution in [0.4, 0.5) is 0 Å². The van der Waals surface area contributed by atoms with Crippen molar-refractivity contribution in [2.45, 2.75) is 45.6 Å². The van der Waals surface area contributed by atoms with Gasteiger partial charge in [-0.25, -0.2) is 0 Å². The molecule has 0 aromatic rings. The third-order valence-corrected chi connectivity index (χ3v) is 5.25. The molecule has 13 heavy (non-hydrogen) atoms. The van der Waals surface area contributed by atoms with Crippen LogP contribution < -0.4 is 5.73 Å². The third-order valence-electron chi connectivity index (χ3n) is 5.25. The molecule has 3 unspecified atom stereocenters. The maximum atomic E-state index is 6.16. The molecule has 3 saturated carbocycles. The Hall–Kier alpha value is -0.0400. The molecule has 74 valence electrons. The maximum Gasteiger partial charge on any atom is 0.0130 e. The molecular formula is C12H21N. The Balaban J connectivity index is 1.75. The van der Waals surface area contributed by atoms with Crippen molar-refractivity contribution in [3.63, 3.8) is 0 Å². The second-order valence-corrected chi connectivity index (χ2v) is 6.21. The van der Waals surface area contributed by atoms with E-state index in [2.05, 4.69) is 13.8 Å². The summed E-state index contributed by atoms with van der Waals surface area (Å²) in [5.41, 5.74) is 6.62. The van der Waals surface area contributed by atoms with Crippen LogP contribution in [0.25, 0.3) is 0 Å². The summed E-state index contributed by atoms with van der Waals surface area (Å²) in [4.78, 5) is 0. The van der Waals surface area contributed by atoms with E-state index in [0.29, 0.717) is 11.5 Å². The van der Waals surface area contributed by atoms with E-state index in [0.717, 1.165) is 23.7 Å². The summed E-state index contributed by atoms with van der Waals surface area (Å²) in [5.74, 6) is 4.01. The smallest absolute Gasteiger partial charge is 0.0130 e. The molecule has 0 spiro atoms. The van der Waals surface area contributed by atoms with Crippen molar-refractivity contribution in [2.75, 3.05) is 0 Å². The Labute approximate surface area is 81.1 Å². The van der Waals surface area contributed by atoms with Gasteiger partial charge in [-0.15, -0.1) is 0 Å². The zero-order valence-corrected chi connectivity index (χ0v) is 8.79. The van der Waals surface area contributed by atoms with Gasteiger partial charge in [0.25, 0.3) is 0 Å². The van der Waals surface area contributed by atoms with Crippen molar-refractivity contribution in [3.05, 3.63) is 0 Å². The molecule has 3 aliphatic carbocycles. The first-order chi connectivity index (χ1) is 6.10. The van der Waals surface area contributed by atoms with Gasteiger partial charge in [0, 0.05) is 6.04 Å². The zero-order valence-electron chi connectivity index (χ0n) is 8.79. The van der Waals surface area contributed by atoms with Crippen LogP contribution in [0.15, 0.2) is 0 Å². The molecule has 2 bridgehead atoms. The highest BCUT2D eigenvalue weighted by molar-refractivity contribution is 5.14. The first kappa shape index (κ1) is 8.28. The van der Waals surface area contributed by atoms with E-state index in [-0.39, 0.29) is 0 Å². The van der Waals surface area contributed by atoms with E-state index in [1.807, 2.05) is 0 Å². The van der Waals surface area contributed by atoms with Crippen LogP contribution in [0.2, 0.25) is 0 Å². The van der Waals surface area contributed by atoms with Gasteiger partial charge < -0.3 is 5.73 Å². The van der Waals surface area contributed by atoms with Crippen molar-refractivity contribution in [2.24, 2.45) is 34.8 Å². The van der Waals surface area contributed by atoms with Crippen LogP contribution in [-0.4, -0.2) is 6.04 Å². The van der Waals surface area contributed by atoms with Gasteiger partial charge in [-0.05, 0) is 48.3 Å². The van der Waals surface area contributed by atoms with Crippen LogP contribution in [0.5, 0.6) is 0 Å². The minimum Gasteiger partial charge on any atom is -0.327 e. The number of hydrogen-bond donors (Lipinski definition) is 1. The lowest BCUT2D eigenvalue weighted by Crippen LogP contribution is -2.17. The molecule has 0 radical (unpaired) electrons. The molecule has 3 rings (SSSR count). The second kappa shape index (κ2) is 2.31. The van der Waals surface area contributed by atoms with Crippen LogP contribution in [0.1, 0.15) is 39.5 Å². The monoisotopic (exact) mass is 179 g/mol.